The van der Waals surface area contributed by atoms with E-state index in [0.717, 1.165) is 31.7 Å². The molecule has 0 radical (unpaired) electrons. The fourth-order valence-corrected chi connectivity index (χ4v) is 2.83. The zero-order chi connectivity index (χ0) is 15.8. The summed E-state index contributed by atoms with van der Waals surface area (Å²) in [6.07, 6.45) is 4.79. The zero-order valence-electron chi connectivity index (χ0n) is 13.9. The van der Waals surface area contributed by atoms with Gasteiger partial charge in [0.15, 0.2) is 0 Å². The van der Waals surface area contributed by atoms with Crippen LogP contribution in [0, 0.1) is 5.92 Å². The Hall–Kier alpha value is -1.55. The van der Waals surface area contributed by atoms with Crippen LogP contribution in [0.4, 0.5) is 5.69 Å². The molecule has 2 rings (SSSR count). The van der Waals surface area contributed by atoms with Crippen molar-refractivity contribution in [3.05, 3.63) is 29.8 Å². The second kappa shape index (κ2) is 8.79. The molecule has 0 saturated carbocycles. The first-order valence-electron chi connectivity index (χ1n) is 8.51. The Labute approximate surface area is 134 Å². The zero-order valence-corrected chi connectivity index (χ0v) is 13.9. The largest absolute Gasteiger partial charge is 0.375 e. The highest BCUT2D eigenvalue weighted by molar-refractivity contribution is 5.94. The second-order valence-corrected chi connectivity index (χ2v) is 6.24. The maximum atomic E-state index is 12.2. The van der Waals surface area contributed by atoms with Crippen molar-refractivity contribution in [3.63, 3.8) is 0 Å². The molecule has 2 N–H and O–H groups in total. The lowest BCUT2D eigenvalue weighted by Gasteiger charge is -2.23. The van der Waals surface area contributed by atoms with Gasteiger partial charge in [0.25, 0.3) is 5.91 Å². The maximum Gasteiger partial charge on any atom is 0.251 e. The molecular formula is C18H29N3O. The summed E-state index contributed by atoms with van der Waals surface area (Å²) in [6.45, 7) is 6.14. The minimum absolute atomic E-state index is 0.0355. The number of carbonyl (C=O) groups is 1. The minimum atomic E-state index is 0.0355. The molecule has 0 spiro atoms. The summed E-state index contributed by atoms with van der Waals surface area (Å²) < 4.78 is 0. The van der Waals surface area contributed by atoms with Gasteiger partial charge in [0, 0.05) is 31.4 Å². The van der Waals surface area contributed by atoms with Crippen LogP contribution in [0.25, 0.3) is 0 Å². The number of amides is 1. The second-order valence-electron chi connectivity index (χ2n) is 6.24. The smallest absolute Gasteiger partial charge is 0.251 e. The number of anilines is 1. The molecule has 0 aromatic heterocycles. The molecule has 1 amide bonds. The lowest BCUT2D eigenvalue weighted by Crippen LogP contribution is -2.38. The van der Waals surface area contributed by atoms with E-state index in [0.29, 0.717) is 5.92 Å². The predicted molar refractivity (Wildman–Crippen MR) is 92.5 cm³/mol. The van der Waals surface area contributed by atoms with Gasteiger partial charge in [-0.2, -0.15) is 0 Å². The summed E-state index contributed by atoms with van der Waals surface area (Å²) in [4.78, 5) is 14.4. The fraction of sp³-hybridized carbons (Fsp3) is 0.611. The summed E-state index contributed by atoms with van der Waals surface area (Å²) in [7, 11) is 2.10. The average Bonchev–Trinajstić information content (AvgIpc) is 2.58. The van der Waals surface area contributed by atoms with Gasteiger partial charge in [0.1, 0.15) is 0 Å². The molecule has 0 aliphatic carbocycles. The monoisotopic (exact) mass is 303 g/mol. The number of hydrogen-bond acceptors (Lipinski definition) is 3. The first kappa shape index (κ1) is 16.8. The van der Waals surface area contributed by atoms with Gasteiger partial charge in [-0.15, -0.1) is 0 Å². The average molecular weight is 303 g/mol. The van der Waals surface area contributed by atoms with Crippen molar-refractivity contribution in [2.24, 2.45) is 5.92 Å². The first-order chi connectivity index (χ1) is 10.7. The summed E-state index contributed by atoms with van der Waals surface area (Å²) >= 11 is 0. The molecule has 0 bridgehead atoms. The summed E-state index contributed by atoms with van der Waals surface area (Å²) in [5.74, 6) is 0.602. The van der Waals surface area contributed by atoms with Crippen LogP contribution in [0.1, 0.15) is 43.0 Å². The van der Waals surface area contributed by atoms with Crippen molar-refractivity contribution in [1.29, 1.82) is 0 Å². The standard InChI is InChI=1S/C18H29N3O/c1-3-4-12-21(2)17-9-7-16(8-10-17)18(22)20-14-15-6-5-11-19-13-15/h7-10,15,19H,3-6,11-14H2,1-2H3,(H,20,22). The molecule has 1 atom stereocenters. The third-order valence-corrected chi connectivity index (χ3v) is 4.37. The van der Waals surface area contributed by atoms with E-state index in [1.165, 1.54) is 31.4 Å². The fourth-order valence-electron chi connectivity index (χ4n) is 2.83. The van der Waals surface area contributed by atoms with Crippen molar-refractivity contribution in [2.45, 2.75) is 32.6 Å². The Morgan fingerprint density at radius 1 is 1.36 bits per heavy atom. The van der Waals surface area contributed by atoms with E-state index >= 15 is 0 Å². The summed E-state index contributed by atoms with van der Waals surface area (Å²) in [6, 6.07) is 7.91. The van der Waals surface area contributed by atoms with Gasteiger partial charge in [-0.3, -0.25) is 4.79 Å². The third-order valence-electron chi connectivity index (χ3n) is 4.37. The van der Waals surface area contributed by atoms with Crippen molar-refractivity contribution >= 4 is 11.6 Å². The number of unbranched alkanes of at least 4 members (excludes halogenated alkanes) is 1. The van der Waals surface area contributed by atoms with E-state index in [4.69, 9.17) is 0 Å². The number of benzene rings is 1. The van der Waals surface area contributed by atoms with Crippen molar-refractivity contribution in [2.75, 3.05) is 38.1 Å². The normalized spacial score (nSPS) is 18.0. The van der Waals surface area contributed by atoms with Gasteiger partial charge in [0.05, 0.1) is 0 Å². The Morgan fingerprint density at radius 2 is 2.14 bits per heavy atom. The molecule has 1 heterocycles. The number of nitrogens with zero attached hydrogens (tertiary/aromatic N) is 1. The van der Waals surface area contributed by atoms with E-state index in [-0.39, 0.29) is 5.91 Å². The van der Waals surface area contributed by atoms with Crippen LogP contribution in [0.2, 0.25) is 0 Å². The SMILES string of the molecule is CCCCN(C)c1ccc(C(=O)NCC2CCCNC2)cc1. The minimum Gasteiger partial charge on any atom is -0.375 e. The molecular weight excluding hydrogens is 274 g/mol. The van der Waals surface area contributed by atoms with Crippen LogP contribution in [-0.2, 0) is 0 Å². The number of hydrogen-bond donors (Lipinski definition) is 2. The summed E-state index contributed by atoms with van der Waals surface area (Å²) in [5.41, 5.74) is 1.91. The Kier molecular flexibility index (Phi) is 6.72. The van der Waals surface area contributed by atoms with Crippen molar-refractivity contribution in [3.8, 4) is 0 Å². The molecule has 1 aromatic carbocycles. The molecule has 1 fully saturated rings. The van der Waals surface area contributed by atoms with E-state index in [1.807, 2.05) is 24.3 Å². The highest BCUT2D eigenvalue weighted by Gasteiger charge is 2.14. The lowest BCUT2D eigenvalue weighted by molar-refractivity contribution is 0.0945. The molecule has 1 aromatic rings. The van der Waals surface area contributed by atoms with E-state index in [1.54, 1.807) is 0 Å². The Morgan fingerprint density at radius 3 is 2.77 bits per heavy atom. The molecule has 22 heavy (non-hydrogen) atoms. The first-order valence-corrected chi connectivity index (χ1v) is 8.51. The molecule has 4 nitrogen and oxygen atoms in total. The quantitative estimate of drug-likeness (QED) is 0.814. The van der Waals surface area contributed by atoms with Gasteiger partial charge in [-0.05, 0) is 62.5 Å². The number of rotatable bonds is 7. The van der Waals surface area contributed by atoms with Crippen molar-refractivity contribution < 1.29 is 4.79 Å². The Bertz CT molecular complexity index is 452. The number of piperidine rings is 1. The number of carbonyl (C=O) groups excluding carboxylic acids is 1. The summed E-state index contributed by atoms with van der Waals surface area (Å²) in [5, 5.41) is 6.44. The van der Waals surface area contributed by atoms with Crippen LogP contribution in [0.5, 0.6) is 0 Å². The van der Waals surface area contributed by atoms with Crippen LogP contribution >= 0.6 is 0 Å². The van der Waals surface area contributed by atoms with Crippen LogP contribution in [0.3, 0.4) is 0 Å². The van der Waals surface area contributed by atoms with Crippen LogP contribution in [-0.4, -0.2) is 39.1 Å². The van der Waals surface area contributed by atoms with Gasteiger partial charge < -0.3 is 15.5 Å². The highest BCUT2D eigenvalue weighted by Crippen LogP contribution is 2.15. The maximum absolute atomic E-state index is 12.2. The van der Waals surface area contributed by atoms with Gasteiger partial charge >= 0.3 is 0 Å². The Balaban J connectivity index is 1.82. The third kappa shape index (κ3) is 5.02. The molecule has 1 aliphatic rings. The number of nitrogens with one attached hydrogen (secondary N) is 2. The molecule has 4 heteroatoms. The van der Waals surface area contributed by atoms with Gasteiger partial charge in [0.2, 0.25) is 0 Å². The van der Waals surface area contributed by atoms with Crippen molar-refractivity contribution in [1.82, 2.24) is 10.6 Å². The van der Waals surface area contributed by atoms with Gasteiger partial charge in [-0.25, -0.2) is 0 Å². The van der Waals surface area contributed by atoms with E-state index < -0.39 is 0 Å². The van der Waals surface area contributed by atoms with E-state index in [9.17, 15) is 4.79 Å². The highest BCUT2D eigenvalue weighted by atomic mass is 16.1. The van der Waals surface area contributed by atoms with Gasteiger partial charge in [-0.1, -0.05) is 13.3 Å². The topological polar surface area (TPSA) is 44.4 Å². The van der Waals surface area contributed by atoms with Crippen LogP contribution < -0.4 is 15.5 Å². The molecule has 1 unspecified atom stereocenters. The predicted octanol–water partition coefficient (Wildman–Crippen LogP) is 2.65. The molecule has 1 aliphatic heterocycles. The van der Waals surface area contributed by atoms with Crippen LogP contribution in [0.15, 0.2) is 24.3 Å². The van der Waals surface area contributed by atoms with E-state index in [2.05, 4.69) is 29.5 Å². The lowest BCUT2D eigenvalue weighted by atomic mass is 9.99. The molecule has 1 saturated heterocycles. The molecule has 122 valence electrons.